The molecule has 2 N–H and O–H groups in total. The van der Waals surface area contributed by atoms with Crippen LogP contribution in [-0.4, -0.2) is 4.98 Å². The van der Waals surface area contributed by atoms with Crippen molar-refractivity contribution in [3.05, 3.63) is 28.6 Å². The Kier molecular flexibility index (Phi) is 2.30. The molecule has 1 aromatic carbocycles. The fraction of sp³-hybridized carbons (Fsp3) is 0.417. The van der Waals surface area contributed by atoms with E-state index < -0.39 is 0 Å². The second-order valence-electron chi connectivity index (χ2n) is 4.49. The Balaban J connectivity index is 2.11. The van der Waals surface area contributed by atoms with Gasteiger partial charge in [0, 0.05) is 4.47 Å². The number of hydrogen-bond acceptors (Lipinski definition) is 3. The van der Waals surface area contributed by atoms with Crippen LogP contribution in [-0.2, 0) is 5.54 Å². The number of hydrogen-bond donors (Lipinski definition) is 1. The van der Waals surface area contributed by atoms with E-state index >= 15 is 0 Å². The summed E-state index contributed by atoms with van der Waals surface area (Å²) >= 11 is 3.43. The first-order chi connectivity index (χ1) is 7.67. The lowest BCUT2D eigenvalue weighted by molar-refractivity contribution is 0.346. The van der Waals surface area contributed by atoms with E-state index in [0.29, 0.717) is 5.89 Å². The Morgan fingerprint density at radius 1 is 1.31 bits per heavy atom. The number of halogens is 1. The molecule has 0 atom stereocenters. The van der Waals surface area contributed by atoms with E-state index in [1.807, 2.05) is 18.2 Å². The molecular formula is C12H13BrN2O. The number of benzene rings is 1. The third-order valence-electron chi connectivity index (χ3n) is 3.27. The average molecular weight is 281 g/mol. The van der Waals surface area contributed by atoms with E-state index in [-0.39, 0.29) is 5.54 Å². The highest BCUT2D eigenvalue weighted by atomic mass is 79.9. The first-order valence-corrected chi connectivity index (χ1v) is 6.32. The maximum atomic E-state index is 6.31. The molecule has 1 saturated carbocycles. The molecule has 0 bridgehead atoms. The van der Waals surface area contributed by atoms with E-state index in [1.165, 1.54) is 12.8 Å². The van der Waals surface area contributed by atoms with Gasteiger partial charge in [-0.25, -0.2) is 4.98 Å². The molecule has 1 aromatic heterocycles. The molecule has 0 saturated heterocycles. The van der Waals surface area contributed by atoms with E-state index in [2.05, 4.69) is 20.9 Å². The number of fused-ring (bicyclic) bond motifs is 1. The summed E-state index contributed by atoms with van der Waals surface area (Å²) in [5.41, 5.74) is 7.66. The standard InChI is InChI=1S/C12H13BrN2O/c13-8-3-4-10-9(7-8)15-11(16-10)12(14)5-1-2-6-12/h3-4,7H,1-2,5-6,14H2. The van der Waals surface area contributed by atoms with Gasteiger partial charge in [-0.05, 0) is 31.0 Å². The first-order valence-electron chi connectivity index (χ1n) is 5.53. The van der Waals surface area contributed by atoms with E-state index in [4.69, 9.17) is 10.2 Å². The molecule has 16 heavy (non-hydrogen) atoms. The first kappa shape index (κ1) is 10.3. The highest BCUT2D eigenvalue weighted by Gasteiger charge is 2.36. The van der Waals surface area contributed by atoms with Gasteiger partial charge in [0.1, 0.15) is 5.52 Å². The van der Waals surface area contributed by atoms with Crippen molar-refractivity contribution in [3.8, 4) is 0 Å². The number of nitrogens with two attached hydrogens (primary N) is 1. The van der Waals surface area contributed by atoms with E-state index in [9.17, 15) is 0 Å². The second kappa shape index (κ2) is 3.57. The molecule has 1 aliphatic carbocycles. The van der Waals surface area contributed by atoms with Crippen molar-refractivity contribution < 1.29 is 4.42 Å². The maximum absolute atomic E-state index is 6.31. The van der Waals surface area contributed by atoms with E-state index in [1.54, 1.807) is 0 Å². The van der Waals surface area contributed by atoms with Gasteiger partial charge in [-0.1, -0.05) is 28.8 Å². The Morgan fingerprint density at radius 2 is 2.06 bits per heavy atom. The van der Waals surface area contributed by atoms with Crippen molar-refractivity contribution in [2.24, 2.45) is 5.73 Å². The minimum atomic E-state index is -0.342. The summed E-state index contributed by atoms with van der Waals surface area (Å²) in [6, 6.07) is 5.84. The van der Waals surface area contributed by atoms with Crippen molar-refractivity contribution in [1.29, 1.82) is 0 Å². The zero-order valence-electron chi connectivity index (χ0n) is 8.87. The fourth-order valence-corrected chi connectivity index (χ4v) is 2.68. The molecule has 4 heteroatoms. The van der Waals surface area contributed by atoms with Gasteiger partial charge in [0.05, 0.1) is 5.54 Å². The monoisotopic (exact) mass is 280 g/mol. The predicted octanol–water partition coefficient (Wildman–Crippen LogP) is 3.32. The van der Waals surface area contributed by atoms with Crippen LogP contribution in [0.3, 0.4) is 0 Å². The topological polar surface area (TPSA) is 52.0 Å². The smallest absolute Gasteiger partial charge is 0.215 e. The molecule has 3 nitrogen and oxygen atoms in total. The normalized spacial score (nSPS) is 19.4. The lowest BCUT2D eigenvalue weighted by Crippen LogP contribution is -2.33. The Labute approximate surface area is 102 Å². The molecule has 1 heterocycles. The van der Waals surface area contributed by atoms with Gasteiger partial charge >= 0.3 is 0 Å². The summed E-state index contributed by atoms with van der Waals surface area (Å²) in [6.07, 6.45) is 4.28. The summed E-state index contributed by atoms with van der Waals surface area (Å²) in [5.74, 6) is 0.693. The summed E-state index contributed by atoms with van der Waals surface area (Å²) in [5, 5.41) is 0. The van der Waals surface area contributed by atoms with Crippen LogP contribution in [0.4, 0.5) is 0 Å². The van der Waals surface area contributed by atoms with E-state index in [0.717, 1.165) is 28.4 Å². The minimum absolute atomic E-state index is 0.342. The van der Waals surface area contributed by atoms with Crippen molar-refractivity contribution >= 4 is 27.0 Å². The summed E-state index contributed by atoms with van der Waals surface area (Å²) in [6.45, 7) is 0. The van der Waals surface area contributed by atoms with Crippen LogP contribution in [0.1, 0.15) is 31.6 Å². The molecule has 3 rings (SSSR count). The second-order valence-corrected chi connectivity index (χ2v) is 5.41. The lowest BCUT2D eigenvalue weighted by atomic mass is 10.00. The Bertz CT molecular complexity index is 529. The van der Waals surface area contributed by atoms with Crippen LogP contribution in [0.15, 0.2) is 27.1 Å². The van der Waals surface area contributed by atoms with Crippen molar-refractivity contribution in [2.45, 2.75) is 31.2 Å². The van der Waals surface area contributed by atoms with Gasteiger partial charge in [0.2, 0.25) is 5.89 Å². The van der Waals surface area contributed by atoms with Gasteiger partial charge in [-0.2, -0.15) is 0 Å². The fourth-order valence-electron chi connectivity index (χ4n) is 2.33. The van der Waals surface area contributed by atoms with Gasteiger partial charge < -0.3 is 10.2 Å². The predicted molar refractivity (Wildman–Crippen MR) is 66.0 cm³/mol. The van der Waals surface area contributed by atoms with Gasteiger partial charge in [0.15, 0.2) is 5.58 Å². The molecule has 0 amide bonds. The molecule has 1 aliphatic rings. The maximum Gasteiger partial charge on any atom is 0.215 e. The third-order valence-corrected chi connectivity index (χ3v) is 3.76. The molecular weight excluding hydrogens is 268 g/mol. The Hall–Kier alpha value is -0.870. The van der Waals surface area contributed by atoms with Crippen LogP contribution < -0.4 is 5.73 Å². The number of oxazole rings is 1. The summed E-state index contributed by atoms with van der Waals surface area (Å²) < 4.78 is 6.76. The summed E-state index contributed by atoms with van der Waals surface area (Å²) in [4.78, 5) is 4.51. The van der Waals surface area contributed by atoms with Crippen LogP contribution in [0.25, 0.3) is 11.1 Å². The molecule has 1 fully saturated rings. The number of nitrogens with zero attached hydrogens (tertiary/aromatic N) is 1. The zero-order chi connectivity index (χ0) is 11.2. The lowest BCUT2D eigenvalue weighted by Gasteiger charge is -2.18. The van der Waals surface area contributed by atoms with Crippen LogP contribution in [0.5, 0.6) is 0 Å². The third kappa shape index (κ3) is 1.57. The largest absolute Gasteiger partial charge is 0.439 e. The highest BCUT2D eigenvalue weighted by Crippen LogP contribution is 2.37. The number of aromatic nitrogens is 1. The van der Waals surface area contributed by atoms with Gasteiger partial charge in [-0.15, -0.1) is 0 Å². The highest BCUT2D eigenvalue weighted by molar-refractivity contribution is 9.10. The van der Waals surface area contributed by atoms with Gasteiger partial charge in [0.25, 0.3) is 0 Å². The zero-order valence-corrected chi connectivity index (χ0v) is 10.5. The van der Waals surface area contributed by atoms with Crippen LogP contribution >= 0.6 is 15.9 Å². The SMILES string of the molecule is NC1(c2nc3cc(Br)ccc3o2)CCCC1. The molecule has 0 unspecified atom stereocenters. The quantitative estimate of drug-likeness (QED) is 0.872. The summed E-state index contributed by atoms with van der Waals surface area (Å²) in [7, 11) is 0. The Morgan fingerprint density at radius 3 is 2.81 bits per heavy atom. The van der Waals surface area contributed by atoms with Crippen molar-refractivity contribution in [2.75, 3.05) is 0 Å². The molecule has 0 radical (unpaired) electrons. The van der Waals surface area contributed by atoms with Crippen molar-refractivity contribution in [1.82, 2.24) is 4.98 Å². The molecule has 0 spiro atoms. The minimum Gasteiger partial charge on any atom is -0.439 e. The number of rotatable bonds is 1. The van der Waals surface area contributed by atoms with Crippen LogP contribution in [0, 0.1) is 0 Å². The molecule has 2 aromatic rings. The van der Waals surface area contributed by atoms with Gasteiger partial charge in [-0.3, -0.25) is 0 Å². The molecule has 84 valence electrons. The van der Waals surface area contributed by atoms with Crippen molar-refractivity contribution in [3.63, 3.8) is 0 Å². The average Bonchev–Trinajstić information content (AvgIpc) is 2.84. The van der Waals surface area contributed by atoms with Crippen LogP contribution in [0.2, 0.25) is 0 Å². The molecule has 0 aliphatic heterocycles.